The second kappa shape index (κ2) is 7.18. The highest BCUT2D eigenvalue weighted by atomic mass is 32.1. The Morgan fingerprint density at radius 3 is 2.82 bits per heavy atom. The lowest BCUT2D eigenvalue weighted by molar-refractivity contribution is -0.115. The monoisotopic (exact) mass is 395 g/mol. The molecule has 3 heterocycles. The van der Waals surface area contributed by atoms with Crippen molar-refractivity contribution in [1.29, 1.82) is 0 Å². The number of hydrogen-bond donors (Lipinski definition) is 1. The minimum atomic E-state index is -0.219. The van der Waals surface area contributed by atoms with E-state index in [4.69, 9.17) is 0 Å². The predicted octanol–water partition coefficient (Wildman–Crippen LogP) is 3.90. The fourth-order valence-corrected chi connectivity index (χ4v) is 5.04. The van der Waals surface area contributed by atoms with Crippen LogP contribution < -0.4 is 10.2 Å². The molecule has 0 unspecified atom stereocenters. The van der Waals surface area contributed by atoms with Crippen LogP contribution in [0.25, 0.3) is 10.1 Å². The average Bonchev–Trinajstić information content (AvgIpc) is 3.31. The Labute approximate surface area is 167 Å². The standard InChI is InChI=1S/C22H22FN3OS/c23-18-14-19-16(13-22(27)24-19)12-15(18)4-6-25-7-9-26(10-8-25)20-2-1-3-21-17(20)5-11-28-21/h1-3,5,11-12,14H,4,6-10,13H2,(H,24,27). The molecule has 2 aromatic carbocycles. The zero-order valence-corrected chi connectivity index (χ0v) is 16.4. The highest BCUT2D eigenvalue weighted by molar-refractivity contribution is 7.17. The summed E-state index contributed by atoms with van der Waals surface area (Å²) in [5, 5.41) is 6.20. The SMILES string of the molecule is O=C1Cc2cc(CCN3CCN(c4cccc5sccc45)CC3)c(F)cc2N1. The van der Waals surface area contributed by atoms with E-state index in [-0.39, 0.29) is 11.7 Å². The molecule has 1 saturated heterocycles. The normalized spacial score (nSPS) is 17.2. The summed E-state index contributed by atoms with van der Waals surface area (Å²) in [6.45, 7) is 4.77. The van der Waals surface area contributed by atoms with Crippen LogP contribution in [-0.4, -0.2) is 43.5 Å². The van der Waals surface area contributed by atoms with Gasteiger partial charge in [-0.2, -0.15) is 0 Å². The highest BCUT2D eigenvalue weighted by Crippen LogP contribution is 2.31. The van der Waals surface area contributed by atoms with E-state index in [0.29, 0.717) is 24.1 Å². The number of fused-ring (bicyclic) bond motifs is 2. The fourth-order valence-electron chi connectivity index (χ4n) is 4.24. The number of halogens is 1. The zero-order chi connectivity index (χ0) is 19.1. The molecule has 144 valence electrons. The number of anilines is 2. The topological polar surface area (TPSA) is 35.6 Å². The molecule has 0 radical (unpaired) electrons. The Morgan fingerprint density at radius 1 is 1.11 bits per heavy atom. The number of carbonyl (C=O) groups is 1. The third kappa shape index (κ3) is 3.27. The van der Waals surface area contributed by atoms with Gasteiger partial charge in [0.1, 0.15) is 5.82 Å². The Balaban J connectivity index is 1.21. The van der Waals surface area contributed by atoms with Gasteiger partial charge in [0.15, 0.2) is 0 Å². The molecule has 4 nitrogen and oxygen atoms in total. The van der Waals surface area contributed by atoms with E-state index < -0.39 is 0 Å². The summed E-state index contributed by atoms with van der Waals surface area (Å²) < 4.78 is 15.7. The third-order valence-electron chi connectivity index (χ3n) is 5.78. The van der Waals surface area contributed by atoms with Gasteiger partial charge in [-0.1, -0.05) is 12.1 Å². The van der Waals surface area contributed by atoms with Gasteiger partial charge < -0.3 is 10.2 Å². The molecule has 1 aromatic heterocycles. The number of hydrogen-bond acceptors (Lipinski definition) is 4. The molecule has 1 amide bonds. The Hall–Kier alpha value is -2.44. The van der Waals surface area contributed by atoms with E-state index in [0.717, 1.165) is 38.3 Å². The second-order valence-corrected chi connectivity index (χ2v) is 8.46. The molecule has 2 aliphatic heterocycles. The maximum Gasteiger partial charge on any atom is 0.228 e. The molecule has 0 spiro atoms. The first kappa shape index (κ1) is 17.6. The molecule has 0 atom stereocenters. The average molecular weight is 396 g/mol. The lowest BCUT2D eigenvalue weighted by Gasteiger charge is -2.36. The van der Waals surface area contributed by atoms with Gasteiger partial charge in [0, 0.05) is 54.2 Å². The smallest absolute Gasteiger partial charge is 0.228 e. The third-order valence-corrected chi connectivity index (χ3v) is 6.66. The van der Waals surface area contributed by atoms with Crippen molar-refractivity contribution >= 4 is 38.7 Å². The largest absolute Gasteiger partial charge is 0.368 e. The first-order chi connectivity index (χ1) is 13.7. The number of carbonyl (C=O) groups excluding carboxylic acids is 1. The van der Waals surface area contributed by atoms with Crippen LogP contribution in [0.2, 0.25) is 0 Å². The van der Waals surface area contributed by atoms with Crippen molar-refractivity contribution in [1.82, 2.24) is 4.90 Å². The van der Waals surface area contributed by atoms with Crippen LogP contribution >= 0.6 is 11.3 Å². The summed E-state index contributed by atoms with van der Waals surface area (Å²) in [6, 6.07) is 12.0. The molecule has 28 heavy (non-hydrogen) atoms. The van der Waals surface area contributed by atoms with Gasteiger partial charge in [-0.15, -0.1) is 11.3 Å². The number of benzene rings is 2. The van der Waals surface area contributed by atoms with Crippen LogP contribution in [-0.2, 0) is 17.6 Å². The minimum Gasteiger partial charge on any atom is -0.368 e. The zero-order valence-electron chi connectivity index (χ0n) is 15.6. The Kier molecular flexibility index (Phi) is 4.53. The van der Waals surface area contributed by atoms with E-state index in [2.05, 4.69) is 44.8 Å². The van der Waals surface area contributed by atoms with Crippen LogP contribution in [0.5, 0.6) is 0 Å². The van der Waals surface area contributed by atoms with Gasteiger partial charge in [0.25, 0.3) is 0 Å². The predicted molar refractivity (Wildman–Crippen MR) is 113 cm³/mol. The highest BCUT2D eigenvalue weighted by Gasteiger charge is 2.22. The van der Waals surface area contributed by atoms with Crippen molar-refractivity contribution < 1.29 is 9.18 Å². The maximum absolute atomic E-state index is 14.4. The van der Waals surface area contributed by atoms with Gasteiger partial charge >= 0.3 is 0 Å². The molecule has 2 aliphatic rings. The number of piperazine rings is 1. The van der Waals surface area contributed by atoms with E-state index in [1.807, 2.05) is 6.07 Å². The maximum atomic E-state index is 14.4. The summed E-state index contributed by atoms with van der Waals surface area (Å²) in [7, 11) is 0. The van der Waals surface area contributed by atoms with Crippen molar-refractivity contribution in [3.8, 4) is 0 Å². The van der Waals surface area contributed by atoms with E-state index in [1.165, 1.54) is 21.8 Å². The van der Waals surface area contributed by atoms with Crippen LogP contribution in [0.4, 0.5) is 15.8 Å². The quantitative estimate of drug-likeness (QED) is 0.728. The van der Waals surface area contributed by atoms with Gasteiger partial charge in [-0.05, 0) is 47.2 Å². The number of rotatable bonds is 4. The molecule has 0 saturated carbocycles. The van der Waals surface area contributed by atoms with Gasteiger partial charge in [-0.3, -0.25) is 9.69 Å². The van der Waals surface area contributed by atoms with Gasteiger partial charge in [0.2, 0.25) is 5.91 Å². The van der Waals surface area contributed by atoms with E-state index in [1.54, 1.807) is 11.3 Å². The van der Waals surface area contributed by atoms with Crippen molar-refractivity contribution in [3.63, 3.8) is 0 Å². The summed E-state index contributed by atoms with van der Waals surface area (Å²) in [4.78, 5) is 16.4. The van der Waals surface area contributed by atoms with Crippen molar-refractivity contribution in [3.05, 3.63) is 58.7 Å². The molecular formula is C22H22FN3OS. The molecule has 1 fully saturated rings. The van der Waals surface area contributed by atoms with Crippen LogP contribution in [0, 0.1) is 5.82 Å². The lowest BCUT2D eigenvalue weighted by Crippen LogP contribution is -2.47. The summed E-state index contributed by atoms with van der Waals surface area (Å²) in [6.07, 6.45) is 1.03. The van der Waals surface area contributed by atoms with Crippen LogP contribution in [0.1, 0.15) is 11.1 Å². The molecule has 0 bridgehead atoms. The van der Waals surface area contributed by atoms with Crippen molar-refractivity contribution in [2.45, 2.75) is 12.8 Å². The number of nitrogens with one attached hydrogen (secondary N) is 1. The van der Waals surface area contributed by atoms with Gasteiger partial charge in [0.05, 0.1) is 6.42 Å². The fraction of sp³-hybridized carbons (Fsp3) is 0.318. The number of nitrogens with zero attached hydrogens (tertiary/aromatic N) is 2. The molecule has 5 rings (SSSR count). The second-order valence-electron chi connectivity index (χ2n) is 7.51. The molecule has 6 heteroatoms. The molecule has 3 aromatic rings. The molecule has 0 aliphatic carbocycles. The summed E-state index contributed by atoms with van der Waals surface area (Å²) in [5.74, 6) is -0.271. The first-order valence-corrected chi connectivity index (χ1v) is 10.6. The Morgan fingerprint density at radius 2 is 1.96 bits per heavy atom. The Bertz CT molecular complexity index is 1040. The lowest BCUT2D eigenvalue weighted by atomic mass is 10.0. The van der Waals surface area contributed by atoms with Crippen molar-refractivity contribution in [2.75, 3.05) is 42.9 Å². The number of thiophene rings is 1. The first-order valence-electron chi connectivity index (χ1n) is 9.72. The molecular weight excluding hydrogens is 373 g/mol. The van der Waals surface area contributed by atoms with Crippen LogP contribution in [0.15, 0.2) is 41.8 Å². The number of amides is 1. The van der Waals surface area contributed by atoms with E-state index in [9.17, 15) is 9.18 Å². The van der Waals surface area contributed by atoms with Crippen LogP contribution in [0.3, 0.4) is 0 Å². The van der Waals surface area contributed by atoms with E-state index >= 15 is 0 Å². The van der Waals surface area contributed by atoms with Crippen molar-refractivity contribution in [2.24, 2.45) is 0 Å². The molecule has 1 N–H and O–H groups in total. The minimum absolute atomic E-state index is 0.0525. The summed E-state index contributed by atoms with van der Waals surface area (Å²) in [5.41, 5.74) is 3.57. The summed E-state index contributed by atoms with van der Waals surface area (Å²) >= 11 is 1.78. The van der Waals surface area contributed by atoms with Gasteiger partial charge in [-0.25, -0.2) is 4.39 Å².